The molecular weight excluding hydrogens is 489 g/mol. The molecule has 0 unspecified atom stereocenters. The number of halogens is 1. The van der Waals surface area contributed by atoms with Crippen LogP contribution < -0.4 is 16.2 Å². The molecule has 0 aliphatic heterocycles. The van der Waals surface area contributed by atoms with E-state index in [9.17, 15) is 9.18 Å². The third-order valence-electron chi connectivity index (χ3n) is 5.77. The second-order valence-corrected chi connectivity index (χ2v) is 8.81. The van der Waals surface area contributed by atoms with E-state index in [-0.39, 0.29) is 11.4 Å². The molecule has 4 aromatic rings. The summed E-state index contributed by atoms with van der Waals surface area (Å²) in [6, 6.07) is 19.9. The van der Waals surface area contributed by atoms with Gasteiger partial charge in [-0.3, -0.25) is 14.3 Å². The summed E-state index contributed by atoms with van der Waals surface area (Å²) in [5.74, 6) is 0.198. The van der Waals surface area contributed by atoms with Gasteiger partial charge in [0.05, 0.1) is 11.3 Å². The normalized spacial score (nSPS) is 10.0. The van der Waals surface area contributed by atoms with Crippen molar-refractivity contribution in [2.24, 2.45) is 12.8 Å². The Hall–Kier alpha value is -4.28. The Bertz CT molecular complexity index is 1340. The molecule has 0 saturated carbocycles. The van der Waals surface area contributed by atoms with E-state index in [1.807, 2.05) is 30.3 Å². The van der Waals surface area contributed by atoms with Crippen LogP contribution in [0.25, 0.3) is 22.4 Å². The zero-order valence-corrected chi connectivity index (χ0v) is 23.1. The SMILES string of the molecule is C#C.CCC.Cn1c(N(CCN)CCCc2ccccc2)nc(-c2ccncc2)c(-c2ccc(F)cc2)c1=O. The minimum atomic E-state index is -0.358. The number of terminal acetylenes is 1. The summed E-state index contributed by atoms with van der Waals surface area (Å²) >= 11 is 0. The number of anilines is 1. The predicted molar refractivity (Wildman–Crippen MR) is 160 cm³/mol. The number of benzene rings is 2. The van der Waals surface area contributed by atoms with Crippen LogP contribution >= 0.6 is 0 Å². The molecule has 0 saturated heterocycles. The van der Waals surface area contributed by atoms with Crippen molar-refractivity contribution in [3.63, 3.8) is 0 Å². The summed E-state index contributed by atoms with van der Waals surface area (Å²) in [7, 11) is 1.72. The van der Waals surface area contributed by atoms with Crippen molar-refractivity contribution >= 4 is 5.95 Å². The molecule has 39 heavy (non-hydrogen) atoms. The van der Waals surface area contributed by atoms with Gasteiger partial charge < -0.3 is 10.6 Å². The number of rotatable bonds is 9. The molecule has 4 rings (SSSR count). The van der Waals surface area contributed by atoms with Crippen LogP contribution in [0.15, 0.2) is 83.9 Å². The molecule has 0 fully saturated rings. The van der Waals surface area contributed by atoms with Gasteiger partial charge in [-0.15, -0.1) is 12.8 Å². The van der Waals surface area contributed by atoms with Crippen LogP contribution in [0.5, 0.6) is 0 Å². The number of hydrogen-bond acceptors (Lipinski definition) is 5. The van der Waals surface area contributed by atoms with Gasteiger partial charge in [0.2, 0.25) is 5.95 Å². The molecule has 2 aromatic carbocycles. The first-order valence-corrected chi connectivity index (χ1v) is 13.1. The Morgan fingerprint density at radius 1 is 0.923 bits per heavy atom. The third-order valence-corrected chi connectivity index (χ3v) is 5.77. The fourth-order valence-electron chi connectivity index (χ4n) is 4.06. The fourth-order valence-corrected chi connectivity index (χ4v) is 4.06. The zero-order chi connectivity index (χ0) is 28.6. The van der Waals surface area contributed by atoms with Crippen LogP contribution in [0, 0.1) is 18.7 Å². The Morgan fingerprint density at radius 2 is 1.54 bits per heavy atom. The van der Waals surface area contributed by atoms with Crippen molar-refractivity contribution in [3.8, 4) is 35.2 Å². The van der Waals surface area contributed by atoms with Crippen molar-refractivity contribution in [3.05, 3.63) is 101 Å². The number of pyridine rings is 1. The molecule has 0 amide bonds. The van der Waals surface area contributed by atoms with Gasteiger partial charge in [-0.2, -0.15) is 0 Å². The van der Waals surface area contributed by atoms with E-state index in [0.29, 0.717) is 42.4 Å². The Morgan fingerprint density at radius 3 is 2.13 bits per heavy atom. The van der Waals surface area contributed by atoms with Crippen molar-refractivity contribution in [1.82, 2.24) is 14.5 Å². The highest BCUT2D eigenvalue weighted by atomic mass is 19.1. The molecule has 6 nitrogen and oxygen atoms in total. The van der Waals surface area contributed by atoms with Gasteiger partial charge >= 0.3 is 0 Å². The minimum absolute atomic E-state index is 0.200. The summed E-state index contributed by atoms with van der Waals surface area (Å²) in [5, 5.41) is 0. The second-order valence-electron chi connectivity index (χ2n) is 8.81. The molecule has 0 atom stereocenters. The molecule has 7 heteroatoms. The first kappa shape index (κ1) is 30.9. The van der Waals surface area contributed by atoms with Crippen molar-refractivity contribution in [2.45, 2.75) is 33.1 Å². The van der Waals surface area contributed by atoms with Crippen LogP contribution in [-0.4, -0.2) is 34.2 Å². The number of aromatic nitrogens is 3. The predicted octanol–water partition coefficient (Wildman–Crippen LogP) is 5.71. The number of nitrogens with zero attached hydrogens (tertiary/aromatic N) is 4. The molecule has 2 heterocycles. The number of aryl methyl sites for hydroxylation is 1. The summed E-state index contributed by atoms with van der Waals surface area (Å²) in [5.41, 5.74) is 9.33. The standard InChI is InChI=1S/C27H28FN5O.C3H8.C2H2/c1-32-26(34)24(21-9-11-23(28)12-10-21)25(22-13-16-30-17-14-22)31-27(32)33(19-15-29)18-5-8-20-6-3-2-4-7-20;1-3-2;1-2/h2-4,6-7,9-14,16-17H,5,8,15,18-19,29H2,1H3;3H2,1-2H3;1-2H. The highest BCUT2D eigenvalue weighted by molar-refractivity contribution is 5.80. The molecule has 0 aliphatic rings. The largest absolute Gasteiger partial charge is 0.341 e. The fraction of sp³-hybridized carbons (Fsp3) is 0.281. The Balaban J connectivity index is 0.000000998. The van der Waals surface area contributed by atoms with Gasteiger partial charge in [0.15, 0.2) is 0 Å². The highest BCUT2D eigenvalue weighted by Gasteiger charge is 2.21. The van der Waals surface area contributed by atoms with E-state index in [1.165, 1.54) is 24.1 Å². The lowest BCUT2D eigenvalue weighted by molar-refractivity contribution is 0.628. The maximum Gasteiger partial charge on any atom is 0.263 e. The third kappa shape index (κ3) is 8.62. The smallest absolute Gasteiger partial charge is 0.263 e. The molecular formula is C32H38FN5O. The zero-order valence-electron chi connectivity index (χ0n) is 23.1. The van der Waals surface area contributed by atoms with E-state index in [4.69, 9.17) is 10.7 Å². The molecule has 0 spiro atoms. The van der Waals surface area contributed by atoms with Crippen molar-refractivity contribution < 1.29 is 4.39 Å². The molecule has 204 valence electrons. The van der Waals surface area contributed by atoms with E-state index in [1.54, 1.807) is 36.1 Å². The topological polar surface area (TPSA) is 77.0 Å². The van der Waals surface area contributed by atoms with Crippen LogP contribution in [0.3, 0.4) is 0 Å². The highest BCUT2D eigenvalue weighted by Crippen LogP contribution is 2.29. The average Bonchev–Trinajstić information content (AvgIpc) is 2.97. The van der Waals surface area contributed by atoms with E-state index in [2.05, 4.69) is 48.7 Å². The Kier molecular flexibility index (Phi) is 13.1. The lowest BCUT2D eigenvalue weighted by atomic mass is 10.0. The van der Waals surface area contributed by atoms with Gasteiger partial charge in [-0.05, 0) is 48.2 Å². The van der Waals surface area contributed by atoms with E-state index in [0.717, 1.165) is 18.4 Å². The minimum Gasteiger partial charge on any atom is -0.341 e. The summed E-state index contributed by atoms with van der Waals surface area (Å²) in [6.45, 7) is 5.96. The summed E-state index contributed by atoms with van der Waals surface area (Å²) < 4.78 is 15.1. The van der Waals surface area contributed by atoms with Crippen LogP contribution in [0.2, 0.25) is 0 Å². The summed E-state index contributed by atoms with van der Waals surface area (Å²) in [6.07, 6.45) is 14.4. The van der Waals surface area contributed by atoms with Crippen LogP contribution in [-0.2, 0) is 13.5 Å². The first-order valence-electron chi connectivity index (χ1n) is 13.1. The maximum absolute atomic E-state index is 13.6. The molecule has 0 bridgehead atoms. The quantitative estimate of drug-likeness (QED) is 0.282. The average molecular weight is 528 g/mol. The lowest BCUT2D eigenvalue weighted by Gasteiger charge is -2.26. The maximum atomic E-state index is 13.6. The first-order chi connectivity index (χ1) is 19.0. The Labute approximate surface area is 231 Å². The molecule has 0 radical (unpaired) electrons. The van der Waals surface area contributed by atoms with Crippen LogP contribution in [0.1, 0.15) is 32.3 Å². The molecule has 2 aromatic heterocycles. The van der Waals surface area contributed by atoms with Crippen LogP contribution in [0.4, 0.5) is 10.3 Å². The molecule has 2 N–H and O–H groups in total. The van der Waals surface area contributed by atoms with Crippen molar-refractivity contribution in [1.29, 1.82) is 0 Å². The van der Waals surface area contributed by atoms with Crippen molar-refractivity contribution in [2.75, 3.05) is 24.5 Å². The second kappa shape index (κ2) is 16.5. The van der Waals surface area contributed by atoms with Gasteiger partial charge in [0.25, 0.3) is 5.56 Å². The molecule has 0 aliphatic carbocycles. The van der Waals surface area contributed by atoms with Gasteiger partial charge in [0, 0.05) is 44.6 Å². The number of hydrogen-bond donors (Lipinski definition) is 1. The van der Waals surface area contributed by atoms with Gasteiger partial charge in [-0.25, -0.2) is 9.37 Å². The van der Waals surface area contributed by atoms with Gasteiger partial charge in [0.1, 0.15) is 5.82 Å². The van der Waals surface area contributed by atoms with E-state index >= 15 is 0 Å². The summed E-state index contributed by atoms with van der Waals surface area (Å²) in [4.78, 5) is 24.7. The van der Waals surface area contributed by atoms with E-state index < -0.39 is 0 Å². The number of nitrogens with two attached hydrogens (primary N) is 1. The lowest BCUT2D eigenvalue weighted by Crippen LogP contribution is -2.37. The monoisotopic (exact) mass is 527 g/mol. The van der Waals surface area contributed by atoms with Gasteiger partial charge in [-0.1, -0.05) is 62.7 Å².